The first-order valence-corrected chi connectivity index (χ1v) is 12.9. The van der Waals surface area contributed by atoms with Crippen LogP contribution in [0, 0.1) is 12.7 Å². The lowest BCUT2D eigenvalue weighted by atomic mass is 9.74. The van der Waals surface area contributed by atoms with Crippen molar-refractivity contribution in [2.45, 2.75) is 69.4 Å². The molecule has 0 amide bonds. The van der Waals surface area contributed by atoms with Crippen molar-refractivity contribution in [3.05, 3.63) is 58.1 Å². The van der Waals surface area contributed by atoms with E-state index in [9.17, 15) is 22.7 Å². The molecule has 3 aromatic rings. The van der Waals surface area contributed by atoms with Crippen LogP contribution in [-0.4, -0.2) is 65.6 Å². The SMILES string of the molecule is Cc1nc(N2CCC(c3nnc4n3-c3ccc(Cl)cc3CN(C3CC(O)(C(F)(F)F)C3)C4)CC2)ncc1F. The van der Waals surface area contributed by atoms with Gasteiger partial charge in [-0.3, -0.25) is 9.47 Å². The lowest BCUT2D eigenvalue weighted by Gasteiger charge is -2.48. The van der Waals surface area contributed by atoms with Gasteiger partial charge in [0.15, 0.2) is 17.2 Å². The molecule has 0 atom stereocenters. The first-order chi connectivity index (χ1) is 18.0. The monoisotopic (exact) mass is 551 g/mol. The van der Waals surface area contributed by atoms with Crippen LogP contribution in [0.15, 0.2) is 24.4 Å². The number of piperidine rings is 1. The van der Waals surface area contributed by atoms with Crippen LogP contribution in [0.5, 0.6) is 0 Å². The summed E-state index contributed by atoms with van der Waals surface area (Å²) in [7, 11) is 0. The minimum Gasteiger partial charge on any atom is -0.380 e. The van der Waals surface area contributed by atoms with Crippen LogP contribution in [0.4, 0.5) is 23.5 Å². The smallest absolute Gasteiger partial charge is 0.380 e. The zero-order valence-electron chi connectivity index (χ0n) is 20.6. The van der Waals surface area contributed by atoms with Gasteiger partial charge >= 0.3 is 6.18 Å². The number of halogens is 5. The Labute approximate surface area is 221 Å². The highest BCUT2D eigenvalue weighted by atomic mass is 35.5. The largest absolute Gasteiger partial charge is 0.417 e. The second-order valence-corrected chi connectivity index (χ2v) is 10.9. The Morgan fingerprint density at radius 3 is 2.53 bits per heavy atom. The topological polar surface area (TPSA) is 83.2 Å². The number of fused-ring (bicyclic) bond motifs is 3. The van der Waals surface area contributed by atoms with E-state index >= 15 is 0 Å². The standard InChI is InChI=1S/C25H26ClF4N7O/c1-14-19(27)11-31-23(32-14)35-6-4-15(5-7-35)22-34-33-21-13-36(18-9-24(38,10-18)25(28,29)30)12-16-8-17(26)2-3-20(16)37(21)22/h2-3,8,11,15,18,38H,4-7,9-10,12-13H2,1H3. The van der Waals surface area contributed by atoms with Crippen LogP contribution in [0.1, 0.15) is 54.5 Å². The molecule has 1 saturated heterocycles. The molecular formula is C25H26ClF4N7O. The van der Waals surface area contributed by atoms with E-state index in [-0.39, 0.29) is 18.8 Å². The average Bonchev–Trinajstić information content (AvgIpc) is 3.19. The second-order valence-electron chi connectivity index (χ2n) is 10.4. The zero-order chi connectivity index (χ0) is 26.8. The summed E-state index contributed by atoms with van der Waals surface area (Å²) in [5, 5.41) is 19.6. The van der Waals surface area contributed by atoms with E-state index in [0.29, 0.717) is 48.7 Å². The second kappa shape index (κ2) is 9.13. The van der Waals surface area contributed by atoms with Crippen LogP contribution in [-0.2, 0) is 13.1 Å². The van der Waals surface area contributed by atoms with Gasteiger partial charge in [0.05, 0.1) is 24.1 Å². The lowest BCUT2D eigenvalue weighted by molar-refractivity contribution is -0.300. The molecule has 2 aliphatic heterocycles. The Kier molecular flexibility index (Phi) is 6.11. The van der Waals surface area contributed by atoms with Gasteiger partial charge in [-0.1, -0.05) is 11.6 Å². The van der Waals surface area contributed by atoms with Crippen molar-refractivity contribution in [3.63, 3.8) is 0 Å². The maximum Gasteiger partial charge on any atom is 0.417 e. The number of benzene rings is 1. The molecule has 1 aromatic carbocycles. The van der Waals surface area contributed by atoms with Crippen LogP contribution < -0.4 is 4.90 Å². The molecule has 38 heavy (non-hydrogen) atoms. The van der Waals surface area contributed by atoms with Crippen molar-refractivity contribution in [2.24, 2.45) is 0 Å². The maximum atomic E-state index is 13.6. The Bertz CT molecular complexity index is 1370. The summed E-state index contributed by atoms with van der Waals surface area (Å²) >= 11 is 6.31. The van der Waals surface area contributed by atoms with Crippen molar-refractivity contribution in [1.82, 2.24) is 29.6 Å². The number of rotatable bonds is 3. The third kappa shape index (κ3) is 4.32. The minimum atomic E-state index is -4.66. The summed E-state index contributed by atoms with van der Waals surface area (Å²) in [4.78, 5) is 12.3. The summed E-state index contributed by atoms with van der Waals surface area (Å²) in [6.45, 7) is 3.63. The molecule has 0 unspecified atom stereocenters. The van der Waals surface area contributed by atoms with Gasteiger partial charge < -0.3 is 10.0 Å². The molecule has 2 aromatic heterocycles. The van der Waals surface area contributed by atoms with Gasteiger partial charge in [-0.2, -0.15) is 13.2 Å². The molecule has 13 heteroatoms. The Morgan fingerprint density at radius 2 is 1.84 bits per heavy atom. The average molecular weight is 552 g/mol. The van der Waals surface area contributed by atoms with Crippen molar-refractivity contribution < 1.29 is 22.7 Å². The molecule has 1 aliphatic carbocycles. The molecular weight excluding hydrogens is 526 g/mol. The normalized spacial score (nSPS) is 24.5. The molecule has 6 rings (SSSR count). The summed E-state index contributed by atoms with van der Waals surface area (Å²) in [6, 6.07) is 5.07. The number of aliphatic hydroxyl groups is 1. The Hall–Kier alpha value is -2.83. The fraction of sp³-hybridized carbons (Fsp3) is 0.520. The van der Waals surface area contributed by atoms with Gasteiger partial charge in [0, 0.05) is 49.5 Å². The fourth-order valence-corrected chi connectivity index (χ4v) is 5.91. The van der Waals surface area contributed by atoms with E-state index < -0.39 is 23.6 Å². The third-order valence-electron chi connectivity index (χ3n) is 8.00. The number of aryl methyl sites for hydroxylation is 1. The number of alkyl halides is 3. The molecule has 3 aliphatic rings. The predicted molar refractivity (Wildman–Crippen MR) is 131 cm³/mol. The highest BCUT2D eigenvalue weighted by molar-refractivity contribution is 6.30. The van der Waals surface area contributed by atoms with E-state index in [0.717, 1.165) is 29.9 Å². The van der Waals surface area contributed by atoms with E-state index in [2.05, 4.69) is 20.2 Å². The number of hydrogen-bond donors (Lipinski definition) is 1. The third-order valence-corrected chi connectivity index (χ3v) is 8.23. The molecule has 8 nitrogen and oxygen atoms in total. The highest BCUT2D eigenvalue weighted by Gasteiger charge is 2.62. The highest BCUT2D eigenvalue weighted by Crippen LogP contribution is 2.48. The number of anilines is 1. The van der Waals surface area contributed by atoms with Gasteiger partial charge in [0.2, 0.25) is 5.95 Å². The lowest BCUT2D eigenvalue weighted by Crippen LogP contribution is -2.61. The molecule has 2 fully saturated rings. The van der Waals surface area contributed by atoms with Crippen LogP contribution in [0.2, 0.25) is 5.02 Å². The van der Waals surface area contributed by atoms with Gasteiger partial charge in [-0.05, 0) is 43.5 Å². The number of hydrogen-bond acceptors (Lipinski definition) is 7. The number of aromatic nitrogens is 5. The van der Waals surface area contributed by atoms with E-state index in [1.165, 1.54) is 6.20 Å². The minimum absolute atomic E-state index is 0.0862. The Morgan fingerprint density at radius 1 is 1.11 bits per heavy atom. The van der Waals surface area contributed by atoms with Crippen molar-refractivity contribution in [3.8, 4) is 5.69 Å². The summed E-state index contributed by atoms with van der Waals surface area (Å²) < 4.78 is 55.5. The molecule has 0 spiro atoms. The van der Waals surface area contributed by atoms with Crippen LogP contribution >= 0.6 is 11.6 Å². The Balaban J connectivity index is 1.26. The molecule has 0 radical (unpaired) electrons. The molecule has 1 N–H and O–H groups in total. The molecule has 202 valence electrons. The molecule has 0 bridgehead atoms. The predicted octanol–water partition coefficient (Wildman–Crippen LogP) is 4.31. The molecule has 4 heterocycles. The van der Waals surface area contributed by atoms with Gasteiger partial charge in [-0.15, -0.1) is 10.2 Å². The van der Waals surface area contributed by atoms with Gasteiger partial charge in [0.25, 0.3) is 0 Å². The van der Waals surface area contributed by atoms with Crippen molar-refractivity contribution in [1.29, 1.82) is 0 Å². The summed E-state index contributed by atoms with van der Waals surface area (Å²) in [5.74, 6) is 1.58. The fourth-order valence-electron chi connectivity index (χ4n) is 5.71. The van der Waals surface area contributed by atoms with Gasteiger partial charge in [-0.25, -0.2) is 14.4 Å². The summed E-state index contributed by atoms with van der Waals surface area (Å²) in [6.07, 6.45) is -2.71. The van der Waals surface area contributed by atoms with E-state index in [4.69, 9.17) is 11.6 Å². The van der Waals surface area contributed by atoms with E-state index in [1.54, 1.807) is 13.0 Å². The van der Waals surface area contributed by atoms with Crippen molar-refractivity contribution in [2.75, 3.05) is 18.0 Å². The number of nitrogens with zero attached hydrogens (tertiary/aromatic N) is 7. The summed E-state index contributed by atoms with van der Waals surface area (Å²) in [5.41, 5.74) is -0.620. The first kappa shape index (κ1) is 25.4. The first-order valence-electron chi connectivity index (χ1n) is 12.5. The molecule has 1 saturated carbocycles. The maximum absolute atomic E-state index is 13.6. The van der Waals surface area contributed by atoms with Gasteiger partial charge in [0.1, 0.15) is 5.82 Å². The quantitative estimate of drug-likeness (QED) is 0.486. The van der Waals surface area contributed by atoms with E-state index in [1.807, 2.05) is 26.5 Å². The van der Waals surface area contributed by atoms with Crippen molar-refractivity contribution >= 4 is 17.5 Å². The van der Waals surface area contributed by atoms with Crippen LogP contribution in [0.25, 0.3) is 5.69 Å². The zero-order valence-corrected chi connectivity index (χ0v) is 21.3. The van der Waals surface area contributed by atoms with Crippen LogP contribution in [0.3, 0.4) is 0 Å².